The summed E-state index contributed by atoms with van der Waals surface area (Å²) in [5.74, 6) is -0.435. The van der Waals surface area contributed by atoms with Gasteiger partial charge in [0.2, 0.25) is 5.82 Å². The van der Waals surface area contributed by atoms with Crippen LogP contribution in [0.3, 0.4) is 0 Å². The lowest BCUT2D eigenvalue weighted by molar-refractivity contribution is -0.138. The van der Waals surface area contributed by atoms with Gasteiger partial charge in [-0.25, -0.2) is 4.68 Å². The Balaban J connectivity index is 2.34. The molecule has 1 N–H and O–H groups in total. The number of carboxylic acid groups (broad SMARTS) is 1. The molecule has 0 aliphatic rings. The van der Waals surface area contributed by atoms with E-state index >= 15 is 0 Å². The van der Waals surface area contributed by atoms with E-state index in [9.17, 15) is 4.79 Å². The lowest BCUT2D eigenvalue weighted by Gasteiger charge is -2.15. The van der Waals surface area contributed by atoms with Crippen molar-refractivity contribution in [2.24, 2.45) is 0 Å². The van der Waals surface area contributed by atoms with Crippen molar-refractivity contribution in [3.05, 3.63) is 23.4 Å². The molecule has 7 nitrogen and oxygen atoms in total. The molecule has 0 amide bonds. The third-order valence-corrected chi connectivity index (χ3v) is 3.05. The summed E-state index contributed by atoms with van der Waals surface area (Å²) in [6.07, 6.45) is 2.99. The van der Waals surface area contributed by atoms with Crippen LogP contribution in [-0.2, 0) is 4.79 Å². The number of hydrogen-bond acceptors (Lipinski definition) is 5. The summed E-state index contributed by atoms with van der Waals surface area (Å²) >= 11 is 5.80. The van der Waals surface area contributed by atoms with Crippen LogP contribution in [0.5, 0.6) is 0 Å². The van der Waals surface area contributed by atoms with Crippen molar-refractivity contribution in [2.75, 3.05) is 0 Å². The zero-order chi connectivity index (χ0) is 14.5. The van der Waals surface area contributed by atoms with Crippen molar-refractivity contribution < 1.29 is 9.90 Å². The highest BCUT2D eigenvalue weighted by Crippen LogP contribution is 2.23. The normalized spacial score (nSPS) is 12.3. The second-order valence-corrected chi connectivity index (χ2v) is 4.79. The zero-order valence-corrected chi connectivity index (χ0v) is 11.7. The van der Waals surface area contributed by atoms with Crippen molar-refractivity contribution >= 4 is 17.6 Å². The van der Waals surface area contributed by atoms with Crippen LogP contribution in [0.1, 0.15) is 32.2 Å². The van der Waals surface area contributed by atoms with E-state index in [-0.39, 0.29) is 12.5 Å². The fourth-order valence-electron chi connectivity index (χ4n) is 1.96. The number of hydrogen-bond donors (Lipinski definition) is 1. The molecular formula is C12H14ClN5O2. The van der Waals surface area contributed by atoms with Gasteiger partial charge in [0.05, 0.1) is 17.5 Å². The van der Waals surface area contributed by atoms with Gasteiger partial charge in [0.15, 0.2) is 0 Å². The fourth-order valence-corrected chi connectivity index (χ4v) is 2.07. The van der Waals surface area contributed by atoms with E-state index in [0.29, 0.717) is 23.0 Å². The molecule has 0 fully saturated rings. The molecule has 2 heterocycles. The van der Waals surface area contributed by atoms with Gasteiger partial charge in [-0.1, -0.05) is 24.9 Å². The molecule has 1 atom stereocenters. The van der Waals surface area contributed by atoms with Crippen LogP contribution in [0.4, 0.5) is 0 Å². The maximum absolute atomic E-state index is 11.0. The first-order valence-corrected chi connectivity index (χ1v) is 6.61. The summed E-state index contributed by atoms with van der Waals surface area (Å²) < 4.78 is 1.52. The number of halogens is 1. The summed E-state index contributed by atoms with van der Waals surface area (Å²) in [6.45, 7) is 1.99. The van der Waals surface area contributed by atoms with Crippen molar-refractivity contribution in [1.29, 1.82) is 0 Å². The average molecular weight is 296 g/mol. The molecule has 0 aliphatic carbocycles. The monoisotopic (exact) mass is 295 g/mol. The molecule has 2 aromatic rings. The second kappa shape index (κ2) is 6.42. The number of rotatable bonds is 6. The molecule has 0 saturated heterocycles. The molecule has 0 aromatic carbocycles. The van der Waals surface area contributed by atoms with Crippen LogP contribution in [-0.4, -0.2) is 36.3 Å². The molecule has 1 unspecified atom stereocenters. The first-order valence-electron chi connectivity index (χ1n) is 6.23. The van der Waals surface area contributed by atoms with Crippen LogP contribution in [0.15, 0.2) is 18.3 Å². The maximum Gasteiger partial charge on any atom is 0.305 e. The highest BCUT2D eigenvalue weighted by atomic mass is 35.5. The number of aliphatic carboxylic acids is 1. The average Bonchev–Trinajstić information content (AvgIpc) is 2.88. The molecular weight excluding hydrogens is 282 g/mol. The standard InChI is InChI=1S/C12H14ClN5O2/c1-2-3-9(6-11(19)20)18-12(15-16-17-18)10-5-4-8(13)7-14-10/h4-5,7,9H,2-3,6H2,1H3,(H,19,20). The Morgan fingerprint density at radius 2 is 2.30 bits per heavy atom. The number of aromatic nitrogens is 5. The van der Waals surface area contributed by atoms with Crippen LogP contribution in [0, 0.1) is 0 Å². The van der Waals surface area contributed by atoms with Gasteiger partial charge < -0.3 is 5.11 Å². The molecule has 0 aliphatic heterocycles. The van der Waals surface area contributed by atoms with E-state index in [4.69, 9.17) is 16.7 Å². The molecule has 0 bridgehead atoms. The summed E-state index contributed by atoms with van der Waals surface area (Å²) in [6, 6.07) is 3.10. The lowest BCUT2D eigenvalue weighted by atomic mass is 10.1. The smallest absolute Gasteiger partial charge is 0.305 e. The van der Waals surface area contributed by atoms with Gasteiger partial charge in [-0.2, -0.15) is 0 Å². The minimum atomic E-state index is -0.881. The molecule has 2 aromatic heterocycles. The topological polar surface area (TPSA) is 93.8 Å². The van der Waals surface area contributed by atoms with Gasteiger partial charge in [-0.15, -0.1) is 5.10 Å². The number of carbonyl (C=O) groups is 1. The summed E-state index contributed by atoms with van der Waals surface area (Å²) in [5, 5.41) is 21.0. The zero-order valence-electron chi connectivity index (χ0n) is 10.9. The predicted octanol–water partition coefficient (Wildman–Crippen LogP) is 2.20. The van der Waals surface area contributed by atoms with E-state index in [1.54, 1.807) is 12.1 Å². The Hall–Kier alpha value is -2.02. The van der Waals surface area contributed by atoms with Crippen molar-refractivity contribution in [1.82, 2.24) is 25.2 Å². The number of pyridine rings is 1. The third-order valence-electron chi connectivity index (χ3n) is 2.83. The number of tetrazole rings is 1. The Kier molecular flexibility index (Phi) is 4.62. The minimum Gasteiger partial charge on any atom is -0.481 e. The van der Waals surface area contributed by atoms with Gasteiger partial charge in [0.1, 0.15) is 5.69 Å². The fraction of sp³-hybridized carbons (Fsp3) is 0.417. The van der Waals surface area contributed by atoms with E-state index in [0.717, 1.165) is 6.42 Å². The molecule has 20 heavy (non-hydrogen) atoms. The van der Waals surface area contributed by atoms with Gasteiger partial charge in [0.25, 0.3) is 0 Å². The van der Waals surface area contributed by atoms with Crippen molar-refractivity contribution in [3.8, 4) is 11.5 Å². The van der Waals surface area contributed by atoms with Gasteiger partial charge in [0, 0.05) is 6.20 Å². The largest absolute Gasteiger partial charge is 0.481 e. The predicted molar refractivity (Wildman–Crippen MR) is 72.3 cm³/mol. The minimum absolute atomic E-state index is 0.0283. The summed E-state index contributed by atoms with van der Waals surface area (Å²) in [5.41, 5.74) is 0.561. The maximum atomic E-state index is 11.0. The third kappa shape index (κ3) is 3.30. The number of nitrogens with zero attached hydrogens (tertiary/aromatic N) is 5. The van der Waals surface area contributed by atoms with Gasteiger partial charge >= 0.3 is 5.97 Å². The highest BCUT2D eigenvalue weighted by Gasteiger charge is 2.21. The molecule has 2 rings (SSSR count). The van der Waals surface area contributed by atoms with E-state index in [1.807, 2.05) is 6.92 Å². The van der Waals surface area contributed by atoms with Crippen LogP contribution < -0.4 is 0 Å². The lowest BCUT2D eigenvalue weighted by Crippen LogP contribution is -2.16. The summed E-state index contributed by atoms with van der Waals surface area (Å²) in [7, 11) is 0. The summed E-state index contributed by atoms with van der Waals surface area (Å²) in [4.78, 5) is 15.1. The Labute approximate surface area is 120 Å². The SMILES string of the molecule is CCCC(CC(=O)O)n1nnnc1-c1ccc(Cl)cn1. The molecule has 0 saturated carbocycles. The molecule has 106 valence electrons. The second-order valence-electron chi connectivity index (χ2n) is 4.35. The van der Waals surface area contributed by atoms with E-state index in [1.165, 1.54) is 10.9 Å². The van der Waals surface area contributed by atoms with Crippen molar-refractivity contribution in [2.45, 2.75) is 32.2 Å². The Bertz CT molecular complexity index is 584. The number of carboxylic acids is 1. The Morgan fingerprint density at radius 3 is 2.90 bits per heavy atom. The van der Waals surface area contributed by atoms with Crippen LogP contribution in [0.2, 0.25) is 5.02 Å². The first kappa shape index (κ1) is 14.4. The van der Waals surface area contributed by atoms with Crippen LogP contribution in [0.25, 0.3) is 11.5 Å². The van der Waals surface area contributed by atoms with Gasteiger partial charge in [-0.05, 0) is 29.0 Å². The van der Waals surface area contributed by atoms with E-state index in [2.05, 4.69) is 20.5 Å². The Morgan fingerprint density at radius 1 is 1.50 bits per heavy atom. The van der Waals surface area contributed by atoms with Crippen molar-refractivity contribution in [3.63, 3.8) is 0 Å². The molecule has 8 heteroatoms. The first-order chi connectivity index (χ1) is 9.61. The molecule has 0 spiro atoms. The van der Waals surface area contributed by atoms with Crippen LogP contribution >= 0.6 is 11.6 Å². The van der Waals surface area contributed by atoms with E-state index < -0.39 is 5.97 Å². The quantitative estimate of drug-likeness (QED) is 0.878. The van der Waals surface area contributed by atoms with Gasteiger partial charge in [-0.3, -0.25) is 9.78 Å². The highest BCUT2D eigenvalue weighted by molar-refractivity contribution is 6.30. The molecule has 0 radical (unpaired) electrons.